The first-order chi connectivity index (χ1) is 9.08. The van der Waals surface area contributed by atoms with Crippen LogP contribution in [0.2, 0.25) is 10.0 Å². The Balaban J connectivity index is 2.21. The van der Waals surface area contributed by atoms with Gasteiger partial charge in [-0.1, -0.05) is 63.4 Å². The Morgan fingerprint density at radius 2 is 1.79 bits per heavy atom. The van der Waals surface area contributed by atoms with Crippen molar-refractivity contribution in [3.05, 3.63) is 74.2 Å². The summed E-state index contributed by atoms with van der Waals surface area (Å²) in [6, 6.07) is 12.5. The summed E-state index contributed by atoms with van der Waals surface area (Å²) in [6.45, 7) is 0. The number of benzene rings is 2. The highest BCUT2D eigenvalue weighted by atomic mass is 79.9. The molecule has 0 aliphatic heterocycles. The van der Waals surface area contributed by atoms with Gasteiger partial charge in [0.05, 0.1) is 10.0 Å². The van der Waals surface area contributed by atoms with Crippen molar-refractivity contribution in [1.82, 2.24) is 0 Å². The minimum atomic E-state index is -0.0708. The smallest absolute Gasteiger partial charge is 0.186 e. The Bertz CT molecular complexity index is 650. The maximum atomic E-state index is 12.0. The van der Waals surface area contributed by atoms with E-state index in [9.17, 15) is 4.79 Å². The number of hydrogen-bond donors (Lipinski definition) is 0. The highest BCUT2D eigenvalue weighted by Crippen LogP contribution is 2.23. The van der Waals surface area contributed by atoms with Crippen LogP contribution >= 0.6 is 39.1 Å². The first-order valence-corrected chi connectivity index (χ1v) is 7.05. The summed E-state index contributed by atoms with van der Waals surface area (Å²) in [5.74, 6) is -0.0708. The van der Waals surface area contributed by atoms with Gasteiger partial charge in [0.2, 0.25) is 0 Å². The Kier molecular flexibility index (Phi) is 4.81. The van der Waals surface area contributed by atoms with Crippen LogP contribution in [0.5, 0.6) is 0 Å². The molecule has 0 saturated carbocycles. The van der Waals surface area contributed by atoms with Crippen LogP contribution in [-0.4, -0.2) is 5.78 Å². The van der Waals surface area contributed by atoms with Crippen LogP contribution < -0.4 is 0 Å². The average molecular weight is 356 g/mol. The van der Waals surface area contributed by atoms with Crippen molar-refractivity contribution in [2.75, 3.05) is 0 Å². The first-order valence-electron chi connectivity index (χ1n) is 5.50. The molecule has 96 valence electrons. The summed E-state index contributed by atoms with van der Waals surface area (Å²) < 4.78 is 0.777. The van der Waals surface area contributed by atoms with Gasteiger partial charge in [-0.05, 0) is 35.9 Å². The SMILES string of the molecule is O=C(/C=C/c1ccc(Cl)c(Cl)c1)c1ccccc1Br. The van der Waals surface area contributed by atoms with Crippen LogP contribution in [0.25, 0.3) is 6.08 Å². The molecule has 2 rings (SSSR count). The predicted octanol–water partition coefficient (Wildman–Crippen LogP) is 5.65. The van der Waals surface area contributed by atoms with Gasteiger partial charge in [0.15, 0.2) is 5.78 Å². The van der Waals surface area contributed by atoms with E-state index in [1.807, 2.05) is 18.2 Å². The molecule has 0 fully saturated rings. The molecule has 0 atom stereocenters. The molecule has 2 aromatic carbocycles. The van der Waals surface area contributed by atoms with Crippen LogP contribution in [-0.2, 0) is 0 Å². The maximum Gasteiger partial charge on any atom is 0.186 e. The van der Waals surface area contributed by atoms with Crippen LogP contribution in [0.4, 0.5) is 0 Å². The van der Waals surface area contributed by atoms with Gasteiger partial charge < -0.3 is 0 Å². The lowest BCUT2D eigenvalue weighted by Crippen LogP contribution is -1.94. The van der Waals surface area contributed by atoms with Crippen molar-refractivity contribution < 1.29 is 4.79 Å². The van der Waals surface area contributed by atoms with E-state index in [-0.39, 0.29) is 5.78 Å². The van der Waals surface area contributed by atoms with E-state index in [0.717, 1.165) is 10.0 Å². The van der Waals surface area contributed by atoms with Crippen LogP contribution in [0.1, 0.15) is 15.9 Å². The Morgan fingerprint density at radius 1 is 1.05 bits per heavy atom. The van der Waals surface area contributed by atoms with Crippen molar-refractivity contribution in [2.24, 2.45) is 0 Å². The van der Waals surface area contributed by atoms with Gasteiger partial charge in [0.25, 0.3) is 0 Å². The molecule has 0 unspecified atom stereocenters. The summed E-state index contributed by atoms with van der Waals surface area (Å²) >= 11 is 15.1. The Labute approximate surface area is 130 Å². The molecule has 1 nitrogen and oxygen atoms in total. The fourth-order valence-electron chi connectivity index (χ4n) is 1.54. The summed E-state index contributed by atoms with van der Waals surface area (Å²) in [4.78, 5) is 12.0. The van der Waals surface area contributed by atoms with Crippen LogP contribution in [0, 0.1) is 0 Å². The molecule has 0 N–H and O–H groups in total. The lowest BCUT2D eigenvalue weighted by Gasteiger charge is -2.00. The monoisotopic (exact) mass is 354 g/mol. The van der Waals surface area contributed by atoms with Gasteiger partial charge in [-0.3, -0.25) is 4.79 Å². The lowest BCUT2D eigenvalue weighted by molar-refractivity contribution is 0.104. The summed E-state index contributed by atoms with van der Waals surface area (Å²) in [7, 11) is 0. The third-order valence-corrected chi connectivity index (χ3v) is 3.94. The fraction of sp³-hybridized carbons (Fsp3) is 0. The zero-order valence-electron chi connectivity index (χ0n) is 9.74. The van der Waals surface area contributed by atoms with Gasteiger partial charge in [-0.2, -0.15) is 0 Å². The van der Waals surface area contributed by atoms with Gasteiger partial charge >= 0.3 is 0 Å². The summed E-state index contributed by atoms with van der Waals surface area (Å²) in [6.07, 6.45) is 3.23. The second-order valence-electron chi connectivity index (χ2n) is 3.85. The quantitative estimate of drug-likeness (QED) is 0.513. The van der Waals surface area contributed by atoms with Crippen molar-refractivity contribution in [3.63, 3.8) is 0 Å². The number of carbonyl (C=O) groups is 1. The van der Waals surface area contributed by atoms with E-state index in [0.29, 0.717) is 15.6 Å². The van der Waals surface area contributed by atoms with Crippen LogP contribution in [0.15, 0.2) is 53.0 Å². The molecule has 19 heavy (non-hydrogen) atoms. The Hall–Kier alpha value is -1.09. The van der Waals surface area contributed by atoms with Crippen molar-refractivity contribution in [1.29, 1.82) is 0 Å². The second kappa shape index (κ2) is 6.38. The molecule has 0 aromatic heterocycles. The zero-order chi connectivity index (χ0) is 13.8. The third kappa shape index (κ3) is 3.69. The Morgan fingerprint density at radius 3 is 2.47 bits per heavy atom. The number of allylic oxidation sites excluding steroid dienone is 1. The van der Waals surface area contributed by atoms with E-state index in [4.69, 9.17) is 23.2 Å². The molecule has 0 spiro atoms. The maximum absolute atomic E-state index is 12.0. The molecule has 0 aliphatic carbocycles. The van der Waals surface area contributed by atoms with Crippen molar-refractivity contribution in [3.8, 4) is 0 Å². The highest BCUT2D eigenvalue weighted by molar-refractivity contribution is 9.10. The molecule has 2 aromatic rings. The molecule has 4 heteroatoms. The van der Waals surface area contributed by atoms with E-state index in [1.54, 1.807) is 30.3 Å². The topological polar surface area (TPSA) is 17.1 Å². The minimum absolute atomic E-state index is 0.0708. The summed E-state index contributed by atoms with van der Waals surface area (Å²) in [5, 5.41) is 0.966. The molecular weight excluding hydrogens is 347 g/mol. The van der Waals surface area contributed by atoms with Gasteiger partial charge in [0.1, 0.15) is 0 Å². The number of rotatable bonds is 3. The first kappa shape index (κ1) is 14.3. The van der Waals surface area contributed by atoms with Gasteiger partial charge in [-0.25, -0.2) is 0 Å². The van der Waals surface area contributed by atoms with Gasteiger partial charge in [0, 0.05) is 10.0 Å². The zero-order valence-corrected chi connectivity index (χ0v) is 12.8. The summed E-state index contributed by atoms with van der Waals surface area (Å²) in [5.41, 5.74) is 1.45. The molecule has 0 amide bonds. The predicted molar refractivity (Wildman–Crippen MR) is 84.0 cm³/mol. The largest absolute Gasteiger partial charge is 0.289 e. The van der Waals surface area contributed by atoms with E-state index >= 15 is 0 Å². The molecular formula is C15H9BrCl2O. The number of hydrogen-bond acceptors (Lipinski definition) is 1. The van der Waals surface area contributed by atoms with Gasteiger partial charge in [-0.15, -0.1) is 0 Å². The van der Waals surface area contributed by atoms with E-state index in [2.05, 4.69) is 15.9 Å². The van der Waals surface area contributed by atoms with Crippen molar-refractivity contribution >= 4 is 51.0 Å². The van der Waals surface area contributed by atoms with Crippen molar-refractivity contribution in [2.45, 2.75) is 0 Å². The lowest BCUT2D eigenvalue weighted by atomic mass is 10.1. The van der Waals surface area contributed by atoms with E-state index < -0.39 is 0 Å². The number of carbonyl (C=O) groups excluding carboxylic acids is 1. The molecule has 0 saturated heterocycles. The average Bonchev–Trinajstić information content (AvgIpc) is 2.40. The highest BCUT2D eigenvalue weighted by Gasteiger charge is 2.05. The number of halogens is 3. The van der Waals surface area contributed by atoms with E-state index in [1.165, 1.54) is 6.08 Å². The molecule has 0 bridgehead atoms. The van der Waals surface area contributed by atoms with Crippen LogP contribution in [0.3, 0.4) is 0 Å². The molecule has 0 heterocycles. The molecule has 0 radical (unpaired) electrons. The standard InChI is InChI=1S/C15H9BrCl2O/c16-12-4-2-1-3-11(12)15(19)8-6-10-5-7-13(17)14(18)9-10/h1-9H/b8-6+. The fourth-order valence-corrected chi connectivity index (χ4v) is 2.33. The minimum Gasteiger partial charge on any atom is -0.289 e. The number of ketones is 1. The third-order valence-electron chi connectivity index (χ3n) is 2.51. The normalized spacial score (nSPS) is 10.9. The molecule has 0 aliphatic rings. The second-order valence-corrected chi connectivity index (χ2v) is 5.52.